The van der Waals surface area contributed by atoms with Gasteiger partial charge in [-0.15, -0.1) is 0 Å². The average Bonchev–Trinajstić information content (AvgIpc) is 1.62. The maximum absolute atomic E-state index is 11.6. The van der Waals surface area contributed by atoms with Crippen molar-refractivity contribution in [1.29, 1.82) is 0 Å². The van der Waals surface area contributed by atoms with Crippen LogP contribution in [0.4, 0.5) is 13.2 Å². The second-order valence-corrected chi connectivity index (χ2v) is 1.84. The molecule has 0 saturated carbocycles. The number of allylic oxidation sites excluding steroid dienone is 1. The Bertz CT molecular complexity index is 116. The van der Waals surface area contributed by atoms with Gasteiger partial charge in [0.2, 0.25) is 0 Å². The number of rotatable bonds is 1. The summed E-state index contributed by atoms with van der Waals surface area (Å²) in [5, 5.41) is 0. The summed E-state index contributed by atoms with van der Waals surface area (Å²) < 4.78 is 34.7. The molecule has 0 aliphatic heterocycles. The summed E-state index contributed by atoms with van der Waals surface area (Å²) in [6, 6.07) is 0. The molecule has 54 valence electrons. The second-order valence-electron chi connectivity index (χ2n) is 1.84. The van der Waals surface area contributed by atoms with Crippen LogP contribution < -0.4 is 5.73 Å². The predicted octanol–water partition coefficient (Wildman–Crippen LogP) is 1.66. The Hall–Kier alpha value is -0.670. The summed E-state index contributed by atoms with van der Waals surface area (Å²) in [4.78, 5) is 0. The molecule has 1 atom stereocenters. The molecule has 0 aliphatic carbocycles. The molecule has 0 aromatic rings. The van der Waals surface area contributed by atoms with Crippen molar-refractivity contribution in [3.8, 4) is 0 Å². The van der Waals surface area contributed by atoms with E-state index in [0.29, 0.717) is 0 Å². The normalized spacial score (nSPS) is 15.1. The number of alkyl halides is 3. The van der Waals surface area contributed by atoms with E-state index >= 15 is 0 Å². The third-order valence-electron chi connectivity index (χ3n) is 1.05. The first-order valence-corrected chi connectivity index (χ1v) is 2.36. The smallest absolute Gasteiger partial charge is 0.396 e. The Morgan fingerprint density at radius 3 is 1.89 bits per heavy atom. The van der Waals surface area contributed by atoms with Crippen molar-refractivity contribution < 1.29 is 13.2 Å². The van der Waals surface area contributed by atoms with Crippen molar-refractivity contribution >= 4 is 0 Å². The molecule has 0 amide bonds. The summed E-state index contributed by atoms with van der Waals surface area (Å²) in [5.41, 5.74) is 4.46. The van der Waals surface area contributed by atoms with Crippen molar-refractivity contribution in [3.63, 3.8) is 0 Å². The molecule has 9 heavy (non-hydrogen) atoms. The van der Waals surface area contributed by atoms with Gasteiger partial charge in [0.1, 0.15) is 0 Å². The van der Waals surface area contributed by atoms with Crippen LogP contribution in [-0.2, 0) is 0 Å². The topological polar surface area (TPSA) is 26.0 Å². The van der Waals surface area contributed by atoms with Gasteiger partial charge < -0.3 is 5.73 Å². The van der Waals surface area contributed by atoms with E-state index in [4.69, 9.17) is 5.73 Å². The Morgan fingerprint density at radius 1 is 1.56 bits per heavy atom. The van der Waals surface area contributed by atoms with Gasteiger partial charge in [0, 0.05) is 5.70 Å². The van der Waals surface area contributed by atoms with Crippen LogP contribution in [0.2, 0.25) is 0 Å². The second kappa shape index (κ2) is 2.29. The van der Waals surface area contributed by atoms with Crippen molar-refractivity contribution in [2.75, 3.05) is 0 Å². The lowest BCUT2D eigenvalue weighted by atomic mass is 10.1. The first-order valence-electron chi connectivity index (χ1n) is 2.36. The Kier molecular flexibility index (Phi) is 2.12. The van der Waals surface area contributed by atoms with Gasteiger partial charge in [0.15, 0.2) is 0 Å². The monoisotopic (exact) mass is 139 g/mol. The van der Waals surface area contributed by atoms with Crippen LogP contribution in [-0.4, -0.2) is 6.18 Å². The molecular weight excluding hydrogens is 131 g/mol. The van der Waals surface area contributed by atoms with E-state index in [1.807, 2.05) is 0 Å². The summed E-state index contributed by atoms with van der Waals surface area (Å²) >= 11 is 0. The molecule has 0 fully saturated rings. The van der Waals surface area contributed by atoms with Crippen LogP contribution in [0.15, 0.2) is 12.3 Å². The summed E-state index contributed by atoms with van der Waals surface area (Å²) in [6.07, 6.45) is -4.24. The van der Waals surface area contributed by atoms with Gasteiger partial charge in [-0.25, -0.2) is 0 Å². The minimum absolute atomic E-state index is 0.345. The minimum atomic E-state index is -4.24. The molecule has 0 rings (SSSR count). The zero-order chi connectivity index (χ0) is 7.65. The van der Waals surface area contributed by atoms with Gasteiger partial charge in [0.25, 0.3) is 0 Å². The fourth-order valence-electron chi connectivity index (χ4n) is 0.210. The molecule has 1 unspecified atom stereocenters. The number of nitrogens with two attached hydrogens (primary N) is 1. The van der Waals surface area contributed by atoms with Crippen LogP contribution in [0.1, 0.15) is 6.92 Å². The minimum Gasteiger partial charge on any atom is -0.402 e. The molecule has 0 saturated heterocycles. The third kappa shape index (κ3) is 2.39. The van der Waals surface area contributed by atoms with Crippen molar-refractivity contribution in [3.05, 3.63) is 12.3 Å². The van der Waals surface area contributed by atoms with Gasteiger partial charge in [-0.3, -0.25) is 0 Å². The van der Waals surface area contributed by atoms with Gasteiger partial charge in [-0.05, 0) is 6.92 Å². The highest BCUT2D eigenvalue weighted by Gasteiger charge is 2.36. The van der Waals surface area contributed by atoms with Gasteiger partial charge in [0.05, 0.1) is 5.92 Å². The van der Waals surface area contributed by atoms with Crippen LogP contribution in [0.5, 0.6) is 0 Å². The predicted molar refractivity (Wildman–Crippen MR) is 28.5 cm³/mol. The van der Waals surface area contributed by atoms with Gasteiger partial charge in [-0.2, -0.15) is 13.2 Å². The summed E-state index contributed by atoms with van der Waals surface area (Å²) in [7, 11) is 0. The van der Waals surface area contributed by atoms with Crippen LogP contribution in [0.25, 0.3) is 0 Å². The SMILES string of the molecule is C=C(N)C(C)C(F)(F)F. The van der Waals surface area contributed by atoms with Gasteiger partial charge in [-0.1, -0.05) is 6.58 Å². The molecule has 0 aromatic carbocycles. The summed E-state index contributed by atoms with van der Waals surface area (Å²) in [5.74, 6) is -1.60. The van der Waals surface area contributed by atoms with E-state index in [9.17, 15) is 13.2 Å². The zero-order valence-electron chi connectivity index (χ0n) is 5.00. The molecule has 0 radical (unpaired) electrons. The Balaban J connectivity index is 4.04. The summed E-state index contributed by atoms with van der Waals surface area (Å²) in [6.45, 7) is 3.95. The first kappa shape index (κ1) is 8.33. The van der Waals surface area contributed by atoms with Crippen molar-refractivity contribution in [1.82, 2.24) is 0 Å². The molecule has 1 nitrogen and oxygen atoms in total. The Labute approximate surface area is 51.3 Å². The van der Waals surface area contributed by atoms with Gasteiger partial charge >= 0.3 is 6.18 Å². The average molecular weight is 139 g/mol. The number of halogens is 3. The molecular formula is C5H8F3N. The van der Waals surface area contributed by atoms with E-state index < -0.39 is 12.1 Å². The highest BCUT2D eigenvalue weighted by molar-refractivity contribution is 4.95. The lowest BCUT2D eigenvalue weighted by molar-refractivity contribution is -0.159. The van der Waals surface area contributed by atoms with E-state index in [-0.39, 0.29) is 5.70 Å². The maximum atomic E-state index is 11.6. The van der Waals surface area contributed by atoms with Crippen LogP contribution in [0, 0.1) is 5.92 Å². The van der Waals surface area contributed by atoms with Crippen molar-refractivity contribution in [2.24, 2.45) is 11.7 Å². The third-order valence-corrected chi connectivity index (χ3v) is 1.05. The number of hydrogen-bond acceptors (Lipinski definition) is 1. The highest BCUT2D eigenvalue weighted by Crippen LogP contribution is 2.28. The van der Waals surface area contributed by atoms with E-state index in [0.717, 1.165) is 6.92 Å². The molecule has 0 spiro atoms. The molecule has 2 N–H and O–H groups in total. The van der Waals surface area contributed by atoms with E-state index in [1.165, 1.54) is 0 Å². The first-order chi connectivity index (χ1) is 3.85. The largest absolute Gasteiger partial charge is 0.402 e. The maximum Gasteiger partial charge on any atom is 0.396 e. The Morgan fingerprint density at radius 2 is 1.89 bits per heavy atom. The fraction of sp³-hybridized carbons (Fsp3) is 0.600. The number of hydrogen-bond donors (Lipinski definition) is 1. The van der Waals surface area contributed by atoms with E-state index in [1.54, 1.807) is 0 Å². The molecule has 0 aliphatic rings. The van der Waals surface area contributed by atoms with Crippen LogP contribution in [0.3, 0.4) is 0 Å². The fourth-order valence-corrected chi connectivity index (χ4v) is 0.210. The highest BCUT2D eigenvalue weighted by atomic mass is 19.4. The quantitative estimate of drug-likeness (QED) is 0.587. The molecule has 4 heteroatoms. The van der Waals surface area contributed by atoms with Crippen LogP contribution >= 0.6 is 0 Å². The van der Waals surface area contributed by atoms with Crippen molar-refractivity contribution in [2.45, 2.75) is 13.1 Å². The lowest BCUT2D eigenvalue weighted by Crippen LogP contribution is -2.24. The zero-order valence-corrected chi connectivity index (χ0v) is 5.00. The molecule has 0 aromatic heterocycles. The standard InChI is InChI=1S/C5H8F3N/c1-3(4(2)9)5(6,7)8/h3H,2,9H2,1H3. The van der Waals surface area contributed by atoms with E-state index in [2.05, 4.69) is 6.58 Å². The molecule has 0 heterocycles. The molecule has 0 bridgehead atoms. The lowest BCUT2D eigenvalue weighted by Gasteiger charge is -2.13.